The van der Waals surface area contributed by atoms with Crippen molar-refractivity contribution in [1.29, 1.82) is 0 Å². The van der Waals surface area contributed by atoms with E-state index in [0.717, 1.165) is 39.9 Å². The van der Waals surface area contributed by atoms with Gasteiger partial charge >= 0.3 is 0 Å². The summed E-state index contributed by atoms with van der Waals surface area (Å²) in [6.07, 6.45) is 5.78. The van der Waals surface area contributed by atoms with E-state index < -0.39 is 12.1 Å². The van der Waals surface area contributed by atoms with Gasteiger partial charge < -0.3 is 49.7 Å². The molecule has 3 amide bonds. The first-order valence-electron chi connectivity index (χ1n) is 17.8. The van der Waals surface area contributed by atoms with Gasteiger partial charge in [0.25, 0.3) is 5.91 Å². The third-order valence-electron chi connectivity index (χ3n) is 12.7. The Bertz CT molecular complexity index is 2280. The van der Waals surface area contributed by atoms with Crippen LogP contribution in [0.25, 0.3) is 5.76 Å². The molecule has 3 aliphatic carbocycles. The van der Waals surface area contributed by atoms with Crippen molar-refractivity contribution in [2.45, 2.75) is 62.9 Å². The number of carbonyl (C=O) groups is 4. The van der Waals surface area contributed by atoms with Gasteiger partial charge in [0.15, 0.2) is 23.0 Å². The van der Waals surface area contributed by atoms with Gasteiger partial charge in [-0.05, 0) is 66.0 Å². The number of nitrogens with zero attached hydrogens (tertiary/aromatic N) is 3. The maximum atomic E-state index is 14.4. The highest BCUT2D eigenvalue weighted by atomic mass is 16.5. The van der Waals surface area contributed by atoms with Crippen molar-refractivity contribution in [2.75, 3.05) is 44.1 Å². The lowest BCUT2D eigenvalue weighted by Crippen LogP contribution is -2.47. The third-order valence-corrected chi connectivity index (χ3v) is 12.7. The lowest BCUT2D eigenvalue weighted by Gasteiger charge is -2.33. The van der Waals surface area contributed by atoms with Crippen LogP contribution in [0, 0.1) is 12.8 Å². The highest BCUT2D eigenvalue weighted by molar-refractivity contribution is 6.09. The Morgan fingerprint density at radius 3 is 2.62 bits per heavy atom. The molecule has 14 heteroatoms. The van der Waals surface area contributed by atoms with Crippen molar-refractivity contribution in [2.24, 2.45) is 5.92 Å². The zero-order chi connectivity index (χ0) is 36.1. The molecule has 5 unspecified atom stereocenters. The summed E-state index contributed by atoms with van der Waals surface area (Å²) in [6, 6.07) is 0.392. The second-order valence-corrected chi connectivity index (χ2v) is 15.1. The number of benzene rings is 1. The van der Waals surface area contributed by atoms with Crippen LogP contribution in [0.4, 0.5) is 11.4 Å². The molecule has 4 aliphatic heterocycles. The molecule has 268 valence electrons. The average Bonchev–Trinajstić information content (AvgIpc) is 3.85. The molecule has 3 fully saturated rings. The van der Waals surface area contributed by atoms with Gasteiger partial charge in [-0.25, -0.2) is 0 Å². The van der Waals surface area contributed by atoms with E-state index >= 15 is 0 Å². The fourth-order valence-electron chi connectivity index (χ4n) is 10.5. The molecule has 6 heterocycles. The minimum absolute atomic E-state index is 0.0900. The van der Waals surface area contributed by atoms with Crippen LogP contribution < -0.4 is 15.0 Å². The lowest BCUT2D eigenvalue weighted by molar-refractivity contribution is -0.132. The SMILES string of the molecule is COC1=C(O)C2C(CCN2C(=O)C2Cc3c4c(c(O)c(OC)c3N2)N(C(C)=O)CC4)c2cc(C(=O)N3CC4CC45C3=CC(=O)c3[nH]cc(C)c35)[nH]c21. The van der Waals surface area contributed by atoms with Crippen molar-refractivity contribution in [3.8, 4) is 11.5 Å². The van der Waals surface area contributed by atoms with Gasteiger partial charge in [0.2, 0.25) is 17.6 Å². The van der Waals surface area contributed by atoms with E-state index in [-0.39, 0.29) is 63.8 Å². The standard InChI is InChI=1S/C38H38N6O8/c1-15-13-39-29-24(46)11-25-38(26(15)29)12-17(38)14-44(25)37(50)23-10-21-19-6-8-43(31(19)33(48)35(52-4)28(21)41-23)36(49)22-9-20-18-5-7-42(16(2)45)30(18)32(47)34(51-3)27(20)40-22/h10-11,13,17,19,22,31,39-41,47-48H,5-9,12,14H2,1-4H3. The summed E-state index contributed by atoms with van der Waals surface area (Å²) in [5, 5.41) is 26.2. The summed E-state index contributed by atoms with van der Waals surface area (Å²) in [5.74, 6) is -0.735. The second-order valence-electron chi connectivity index (χ2n) is 15.1. The summed E-state index contributed by atoms with van der Waals surface area (Å²) in [6.45, 7) is 4.74. The number of amides is 3. The van der Waals surface area contributed by atoms with Crippen molar-refractivity contribution in [3.05, 3.63) is 74.7 Å². The molecule has 3 aromatic rings. The topological polar surface area (TPSA) is 181 Å². The predicted octanol–water partition coefficient (Wildman–Crippen LogP) is 3.38. The van der Waals surface area contributed by atoms with Crippen LogP contribution in [-0.2, 0) is 32.6 Å². The molecular formula is C38H38N6O8. The Morgan fingerprint density at radius 1 is 1.06 bits per heavy atom. The molecule has 1 aromatic carbocycles. The fourth-order valence-corrected chi connectivity index (χ4v) is 10.5. The number of methoxy groups -OCH3 is 2. The first-order valence-corrected chi connectivity index (χ1v) is 17.8. The zero-order valence-electron chi connectivity index (χ0n) is 29.2. The van der Waals surface area contributed by atoms with Crippen molar-refractivity contribution >= 4 is 40.6 Å². The normalized spacial score (nSPS) is 27.3. The predicted molar refractivity (Wildman–Crippen MR) is 186 cm³/mol. The molecular weight excluding hydrogens is 668 g/mol. The minimum Gasteiger partial charge on any atom is -0.506 e. The molecule has 2 saturated heterocycles. The quantitative estimate of drug-likeness (QED) is 0.272. The molecule has 52 heavy (non-hydrogen) atoms. The number of phenols is 1. The number of hydrogen-bond acceptors (Lipinski definition) is 9. The van der Waals surface area contributed by atoms with E-state index in [4.69, 9.17) is 9.47 Å². The monoisotopic (exact) mass is 706 g/mol. The van der Waals surface area contributed by atoms with Crippen LogP contribution >= 0.6 is 0 Å². The molecule has 0 bridgehead atoms. The highest BCUT2D eigenvalue weighted by Crippen LogP contribution is 2.67. The Balaban J connectivity index is 0.944. The van der Waals surface area contributed by atoms with Crippen LogP contribution in [0.3, 0.4) is 0 Å². The van der Waals surface area contributed by atoms with E-state index in [2.05, 4.69) is 15.3 Å². The van der Waals surface area contributed by atoms with Gasteiger partial charge in [-0.15, -0.1) is 0 Å². The van der Waals surface area contributed by atoms with Crippen LogP contribution in [0.15, 0.2) is 29.8 Å². The first kappa shape index (κ1) is 31.1. The van der Waals surface area contributed by atoms with Crippen LogP contribution in [0.5, 0.6) is 11.5 Å². The molecule has 5 atom stereocenters. The molecule has 1 spiro atoms. The number of allylic oxidation sites excluding steroid dienone is 2. The molecule has 1 saturated carbocycles. The van der Waals surface area contributed by atoms with Gasteiger partial charge in [-0.2, -0.15) is 0 Å². The number of anilines is 2. The average molecular weight is 707 g/mol. The number of aromatic nitrogens is 2. The number of ether oxygens (including phenoxy) is 2. The number of phenolic OH excluding ortho intramolecular Hbond substituents is 1. The number of aryl methyl sites for hydroxylation is 1. The van der Waals surface area contributed by atoms with E-state index in [1.807, 2.05) is 19.2 Å². The molecule has 10 rings (SSSR count). The number of rotatable bonds is 4. The number of aliphatic hydroxyl groups excluding tert-OH is 1. The van der Waals surface area contributed by atoms with Crippen molar-refractivity contribution < 1.29 is 38.9 Å². The Morgan fingerprint density at radius 2 is 1.87 bits per heavy atom. The summed E-state index contributed by atoms with van der Waals surface area (Å²) in [5.41, 5.74) is 7.29. The van der Waals surface area contributed by atoms with E-state index in [1.54, 1.807) is 15.9 Å². The second kappa shape index (κ2) is 10.2. The smallest absolute Gasteiger partial charge is 0.274 e. The number of aromatic amines is 2. The van der Waals surface area contributed by atoms with E-state index in [9.17, 15) is 29.4 Å². The van der Waals surface area contributed by atoms with Gasteiger partial charge in [0.1, 0.15) is 11.7 Å². The van der Waals surface area contributed by atoms with Crippen molar-refractivity contribution in [1.82, 2.24) is 19.8 Å². The number of aromatic hydroxyl groups is 1. The minimum atomic E-state index is -0.718. The zero-order valence-corrected chi connectivity index (χ0v) is 29.2. The van der Waals surface area contributed by atoms with Crippen LogP contribution in [0.1, 0.15) is 80.2 Å². The number of carbonyl (C=O) groups excluding carboxylic acids is 4. The van der Waals surface area contributed by atoms with E-state index in [0.29, 0.717) is 67.4 Å². The number of ketones is 1. The summed E-state index contributed by atoms with van der Waals surface area (Å²) in [4.78, 5) is 65.4. The van der Waals surface area contributed by atoms with Gasteiger partial charge in [0, 0.05) is 62.3 Å². The van der Waals surface area contributed by atoms with E-state index in [1.165, 1.54) is 26.0 Å². The Labute approximate surface area is 298 Å². The number of hydrogen-bond donors (Lipinski definition) is 5. The van der Waals surface area contributed by atoms with Crippen LogP contribution in [0.2, 0.25) is 0 Å². The molecule has 0 radical (unpaired) electrons. The molecule has 5 N–H and O–H groups in total. The maximum Gasteiger partial charge on any atom is 0.274 e. The summed E-state index contributed by atoms with van der Waals surface area (Å²) < 4.78 is 11.3. The number of nitrogens with one attached hydrogen (secondary N) is 3. The molecule has 14 nitrogen and oxygen atoms in total. The Hall–Kier alpha value is -5.66. The maximum absolute atomic E-state index is 14.4. The van der Waals surface area contributed by atoms with Gasteiger partial charge in [0.05, 0.1) is 43.0 Å². The number of aliphatic hydroxyl groups is 1. The third kappa shape index (κ3) is 3.68. The molecule has 2 aromatic heterocycles. The lowest BCUT2D eigenvalue weighted by atomic mass is 9.83. The van der Waals surface area contributed by atoms with Crippen molar-refractivity contribution in [3.63, 3.8) is 0 Å². The first-order chi connectivity index (χ1) is 25.0. The number of likely N-dealkylation sites (tertiary alicyclic amines) is 2. The number of piperidine rings is 1. The van der Waals surface area contributed by atoms with Gasteiger partial charge in [-0.1, -0.05) is 0 Å². The van der Waals surface area contributed by atoms with Gasteiger partial charge in [-0.3, -0.25) is 19.2 Å². The number of fused-ring (bicyclic) bond motifs is 7. The Kier molecular flexibility index (Phi) is 6.12. The summed E-state index contributed by atoms with van der Waals surface area (Å²) >= 11 is 0. The number of H-pyrrole nitrogens is 2. The van der Waals surface area contributed by atoms with Crippen LogP contribution in [-0.4, -0.2) is 99.4 Å². The largest absolute Gasteiger partial charge is 0.506 e. The fraction of sp³-hybridized carbons (Fsp3) is 0.421. The summed E-state index contributed by atoms with van der Waals surface area (Å²) in [7, 11) is 2.89. The highest BCUT2D eigenvalue weighted by Gasteiger charge is 2.68. The molecule has 7 aliphatic rings.